The summed E-state index contributed by atoms with van der Waals surface area (Å²) in [6.45, 7) is 1.22. The zero-order valence-corrected chi connectivity index (χ0v) is 18.8. The van der Waals surface area contributed by atoms with Gasteiger partial charge in [0.1, 0.15) is 6.61 Å². The lowest BCUT2D eigenvalue weighted by Gasteiger charge is -2.13. The molecule has 0 bridgehead atoms. The van der Waals surface area contributed by atoms with Gasteiger partial charge in [0.15, 0.2) is 23.9 Å². The van der Waals surface area contributed by atoms with Crippen LogP contribution in [0.15, 0.2) is 66.7 Å². The number of esters is 1. The number of carbonyl (C=O) groups excluding carboxylic acids is 3. The van der Waals surface area contributed by atoms with Crippen LogP contribution in [0.5, 0.6) is 11.5 Å². The van der Waals surface area contributed by atoms with Gasteiger partial charge in [-0.25, -0.2) is 4.79 Å². The molecule has 3 rings (SSSR count). The Morgan fingerprint density at radius 1 is 0.909 bits per heavy atom. The number of benzene rings is 3. The molecule has 7 nitrogen and oxygen atoms in total. The van der Waals surface area contributed by atoms with E-state index in [2.05, 4.69) is 5.32 Å². The quantitative estimate of drug-likeness (QED) is 0.354. The molecule has 0 aliphatic carbocycles. The van der Waals surface area contributed by atoms with Crippen LogP contribution in [0.2, 0.25) is 5.02 Å². The topological polar surface area (TPSA) is 90.9 Å². The fourth-order valence-corrected chi connectivity index (χ4v) is 3.07. The number of ether oxygens (including phenoxy) is 3. The van der Waals surface area contributed by atoms with E-state index in [0.29, 0.717) is 27.8 Å². The van der Waals surface area contributed by atoms with Crippen molar-refractivity contribution in [3.63, 3.8) is 0 Å². The number of nitrogens with one attached hydrogen (secondary N) is 1. The van der Waals surface area contributed by atoms with Gasteiger partial charge in [-0.3, -0.25) is 9.59 Å². The van der Waals surface area contributed by atoms with Gasteiger partial charge < -0.3 is 19.5 Å². The molecule has 0 aromatic heterocycles. The van der Waals surface area contributed by atoms with Crippen molar-refractivity contribution in [3.05, 3.63) is 88.4 Å². The van der Waals surface area contributed by atoms with Crippen LogP contribution in [0.25, 0.3) is 0 Å². The number of rotatable bonds is 9. The van der Waals surface area contributed by atoms with Gasteiger partial charge in [-0.15, -0.1) is 0 Å². The lowest BCUT2D eigenvalue weighted by Crippen LogP contribution is -2.21. The largest absolute Gasteiger partial charge is 0.493 e. The van der Waals surface area contributed by atoms with Crippen LogP contribution < -0.4 is 14.8 Å². The number of Topliss-reactive ketones (excluding diaryl/α,β-unsaturated/α-hetero) is 1. The minimum absolute atomic E-state index is 0.0717. The van der Waals surface area contributed by atoms with E-state index >= 15 is 0 Å². The maximum Gasteiger partial charge on any atom is 0.338 e. The van der Waals surface area contributed by atoms with Crippen LogP contribution in [-0.4, -0.2) is 31.4 Å². The summed E-state index contributed by atoms with van der Waals surface area (Å²) in [4.78, 5) is 35.8. The SMILES string of the molecule is COc1cc(C(=O)OCC(=O)Nc2ccc(C(C)=O)cc2)ccc1OCc1ccccc1Cl. The number of carbonyl (C=O) groups is 3. The van der Waals surface area contributed by atoms with Crippen molar-refractivity contribution in [3.8, 4) is 11.5 Å². The summed E-state index contributed by atoms with van der Waals surface area (Å²) in [6, 6.07) is 18.3. The summed E-state index contributed by atoms with van der Waals surface area (Å²) in [5.74, 6) is -0.497. The molecule has 8 heteroatoms. The first kappa shape index (κ1) is 23.8. The fraction of sp³-hybridized carbons (Fsp3) is 0.160. The molecule has 0 aliphatic rings. The second kappa shape index (κ2) is 11.2. The van der Waals surface area contributed by atoms with E-state index < -0.39 is 18.5 Å². The highest BCUT2D eigenvalue weighted by molar-refractivity contribution is 6.31. The molecule has 3 aromatic rings. The summed E-state index contributed by atoms with van der Waals surface area (Å²) in [6.07, 6.45) is 0. The van der Waals surface area contributed by atoms with Gasteiger partial charge in [0, 0.05) is 21.8 Å². The van der Waals surface area contributed by atoms with E-state index in [1.54, 1.807) is 36.4 Å². The van der Waals surface area contributed by atoms with E-state index in [1.807, 2.05) is 18.2 Å². The number of anilines is 1. The van der Waals surface area contributed by atoms with Crippen LogP contribution in [0.1, 0.15) is 33.2 Å². The third-order valence-corrected chi connectivity index (χ3v) is 5.02. The molecule has 0 aliphatic heterocycles. The third kappa shape index (κ3) is 6.57. The summed E-state index contributed by atoms with van der Waals surface area (Å²) >= 11 is 6.14. The highest BCUT2D eigenvalue weighted by Crippen LogP contribution is 2.30. The molecule has 33 heavy (non-hydrogen) atoms. The molecule has 0 heterocycles. The zero-order valence-electron chi connectivity index (χ0n) is 18.1. The first-order valence-corrected chi connectivity index (χ1v) is 10.4. The van der Waals surface area contributed by atoms with Crippen LogP contribution >= 0.6 is 11.6 Å². The standard InChI is InChI=1S/C25H22ClNO6/c1-16(28)17-7-10-20(11-8-17)27-24(29)15-33-25(30)18-9-12-22(23(13-18)31-2)32-14-19-5-3-4-6-21(19)26/h3-13H,14-15H2,1-2H3,(H,27,29). The Balaban J connectivity index is 1.56. The van der Waals surface area contributed by atoms with Crippen molar-refractivity contribution >= 4 is 34.9 Å². The Bertz CT molecular complexity index is 1160. The van der Waals surface area contributed by atoms with Crippen LogP contribution in [-0.2, 0) is 16.1 Å². The summed E-state index contributed by atoms with van der Waals surface area (Å²) in [5, 5.41) is 3.19. The Hall–Kier alpha value is -3.84. The third-order valence-electron chi connectivity index (χ3n) is 4.65. The molecule has 0 unspecified atom stereocenters. The molecular weight excluding hydrogens is 446 g/mol. The van der Waals surface area contributed by atoms with E-state index in [-0.39, 0.29) is 18.0 Å². The van der Waals surface area contributed by atoms with Gasteiger partial charge in [0.2, 0.25) is 0 Å². The van der Waals surface area contributed by atoms with Gasteiger partial charge in [-0.1, -0.05) is 29.8 Å². The maximum atomic E-state index is 12.4. The maximum absolute atomic E-state index is 12.4. The highest BCUT2D eigenvalue weighted by Gasteiger charge is 2.15. The first-order chi connectivity index (χ1) is 15.9. The van der Waals surface area contributed by atoms with Crippen molar-refractivity contribution in [1.82, 2.24) is 0 Å². The van der Waals surface area contributed by atoms with Gasteiger partial charge >= 0.3 is 5.97 Å². The summed E-state index contributed by atoms with van der Waals surface area (Å²) in [7, 11) is 1.46. The van der Waals surface area contributed by atoms with Crippen molar-refractivity contribution < 1.29 is 28.6 Å². The Morgan fingerprint density at radius 2 is 1.61 bits per heavy atom. The Morgan fingerprint density at radius 3 is 2.27 bits per heavy atom. The summed E-state index contributed by atoms with van der Waals surface area (Å²) < 4.78 is 16.2. The second-order valence-electron chi connectivity index (χ2n) is 7.00. The fourth-order valence-electron chi connectivity index (χ4n) is 2.88. The second-order valence-corrected chi connectivity index (χ2v) is 7.41. The Kier molecular flexibility index (Phi) is 8.05. The van der Waals surface area contributed by atoms with E-state index in [4.69, 9.17) is 25.8 Å². The van der Waals surface area contributed by atoms with Crippen molar-refractivity contribution in [2.45, 2.75) is 13.5 Å². The lowest BCUT2D eigenvalue weighted by atomic mass is 10.1. The zero-order chi connectivity index (χ0) is 23.8. The molecule has 3 aromatic carbocycles. The number of ketones is 1. The van der Waals surface area contributed by atoms with Gasteiger partial charge in [0.25, 0.3) is 5.91 Å². The predicted octanol–water partition coefficient (Wildman–Crippen LogP) is 4.93. The number of halogens is 1. The number of methoxy groups -OCH3 is 1. The van der Waals surface area contributed by atoms with E-state index in [0.717, 1.165) is 5.56 Å². The number of amides is 1. The van der Waals surface area contributed by atoms with Gasteiger partial charge in [-0.05, 0) is 55.5 Å². The summed E-state index contributed by atoms with van der Waals surface area (Å²) in [5.41, 5.74) is 2.04. The average Bonchev–Trinajstić information content (AvgIpc) is 2.82. The molecular formula is C25H22ClNO6. The molecule has 0 fully saturated rings. The van der Waals surface area contributed by atoms with Crippen molar-refractivity contribution in [2.75, 3.05) is 19.0 Å². The number of hydrogen-bond donors (Lipinski definition) is 1. The van der Waals surface area contributed by atoms with Gasteiger partial charge in [0.05, 0.1) is 12.7 Å². The normalized spacial score (nSPS) is 10.3. The molecule has 0 radical (unpaired) electrons. The van der Waals surface area contributed by atoms with Crippen molar-refractivity contribution in [2.24, 2.45) is 0 Å². The lowest BCUT2D eigenvalue weighted by molar-refractivity contribution is -0.119. The minimum atomic E-state index is -0.687. The van der Waals surface area contributed by atoms with Crippen molar-refractivity contribution in [1.29, 1.82) is 0 Å². The predicted molar refractivity (Wildman–Crippen MR) is 124 cm³/mol. The first-order valence-electron chi connectivity index (χ1n) is 9.99. The molecule has 170 valence electrons. The van der Waals surface area contributed by atoms with Gasteiger partial charge in [-0.2, -0.15) is 0 Å². The van der Waals surface area contributed by atoms with Crippen LogP contribution in [0.3, 0.4) is 0 Å². The molecule has 1 amide bonds. The molecule has 1 N–H and O–H groups in total. The number of hydrogen-bond acceptors (Lipinski definition) is 6. The highest BCUT2D eigenvalue weighted by atomic mass is 35.5. The molecule has 0 saturated heterocycles. The van der Waals surface area contributed by atoms with E-state index in [9.17, 15) is 14.4 Å². The van der Waals surface area contributed by atoms with Crippen LogP contribution in [0, 0.1) is 0 Å². The van der Waals surface area contributed by atoms with Crippen LogP contribution in [0.4, 0.5) is 5.69 Å². The van der Waals surface area contributed by atoms with E-state index in [1.165, 1.54) is 26.2 Å². The molecule has 0 saturated carbocycles. The Labute approximate surface area is 196 Å². The molecule has 0 atom stereocenters. The average molecular weight is 468 g/mol. The minimum Gasteiger partial charge on any atom is -0.493 e. The monoisotopic (exact) mass is 467 g/mol. The smallest absolute Gasteiger partial charge is 0.338 e. The molecule has 0 spiro atoms.